The third-order valence-corrected chi connectivity index (χ3v) is 3.72. The molecule has 1 fully saturated rings. The van der Waals surface area contributed by atoms with Gasteiger partial charge in [0.25, 0.3) is 0 Å². The van der Waals surface area contributed by atoms with Crippen LogP contribution in [0.4, 0.5) is 0 Å². The number of likely N-dealkylation sites (tertiary alicyclic amines) is 1. The Hall–Kier alpha value is -1.78. The molecule has 3 rings (SSSR count). The molecule has 2 heterocycles. The summed E-state index contributed by atoms with van der Waals surface area (Å²) in [6.07, 6.45) is 4.28. The van der Waals surface area contributed by atoms with Gasteiger partial charge < -0.3 is 5.73 Å². The van der Waals surface area contributed by atoms with Crippen molar-refractivity contribution in [3.63, 3.8) is 0 Å². The van der Waals surface area contributed by atoms with Crippen LogP contribution in [-0.2, 0) is 12.1 Å². The molecule has 0 bridgehead atoms. The van der Waals surface area contributed by atoms with Gasteiger partial charge in [0.15, 0.2) is 0 Å². The van der Waals surface area contributed by atoms with Gasteiger partial charge in [-0.15, -0.1) is 0 Å². The first-order valence-corrected chi connectivity index (χ1v) is 6.58. The smallest absolute Gasteiger partial charge is 0.115 e. The highest BCUT2D eigenvalue weighted by molar-refractivity contribution is 5.18. The van der Waals surface area contributed by atoms with Gasteiger partial charge in [0.1, 0.15) is 6.33 Å². The van der Waals surface area contributed by atoms with E-state index in [0.717, 1.165) is 31.7 Å². The number of benzene rings is 1. The maximum atomic E-state index is 6.49. The average Bonchev–Trinajstić information content (AvgIpc) is 2.84. The molecule has 0 saturated carbocycles. The van der Waals surface area contributed by atoms with E-state index in [-0.39, 0.29) is 5.54 Å². The van der Waals surface area contributed by atoms with E-state index < -0.39 is 0 Å². The van der Waals surface area contributed by atoms with Crippen molar-refractivity contribution in [3.05, 3.63) is 60.2 Å². The van der Waals surface area contributed by atoms with Crippen LogP contribution in [0.15, 0.2) is 48.9 Å². The first-order valence-electron chi connectivity index (χ1n) is 6.58. The van der Waals surface area contributed by atoms with Crippen molar-refractivity contribution >= 4 is 0 Å². The standard InChI is InChI=1S/C15H18N4/c16-15(14-6-8-17-12-18-14)7-9-19(11-15)10-13-4-2-1-3-5-13/h1-6,8,12H,7,9-11,16H2. The number of hydrogen-bond donors (Lipinski definition) is 1. The Bertz CT molecular complexity index is 528. The Morgan fingerprint density at radius 2 is 2.05 bits per heavy atom. The van der Waals surface area contributed by atoms with Gasteiger partial charge in [0, 0.05) is 25.8 Å². The molecule has 0 spiro atoms. The van der Waals surface area contributed by atoms with E-state index in [1.54, 1.807) is 12.5 Å². The molecule has 1 aromatic heterocycles. The quantitative estimate of drug-likeness (QED) is 0.902. The van der Waals surface area contributed by atoms with Gasteiger partial charge in [-0.2, -0.15) is 0 Å². The first-order chi connectivity index (χ1) is 9.26. The lowest BCUT2D eigenvalue weighted by molar-refractivity contribution is 0.302. The van der Waals surface area contributed by atoms with E-state index in [4.69, 9.17) is 5.73 Å². The highest BCUT2D eigenvalue weighted by Gasteiger charge is 2.36. The van der Waals surface area contributed by atoms with Gasteiger partial charge in [-0.25, -0.2) is 9.97 Å². The zero-order chi connectivity index (χ0) is 13.1. The summed E-state index contributed by atoms with van der Waals surface area (Å²) in [5.41, 5.74) is 8.43. The molecule has 4 nitrogen and oxygen atoms in total. The molecule has 1 saturated heterocycles. The summed E-state index contributed by atoms with van der Waals surface area (Å²) in [4.78, 5) is 10.7. The van der Waals surface area contributed by atoms with Gasteiger partial charge in [0.2, 0.25) is 0 Å². The minimum atomic E-state index is -0.336. The SMILES string of the molecule is NC1(c2ccncn2)CCN(Cc2ccccc2)C1. The lowest BCUT2D eigenvalue weighted by Crippen LogP contribution is -2.40. The zero-order valence-corrected chi connectivity index (χ0v) is 10.9. The molecule has 1 atom stereocenters. The Balaban J connectivity index is 1.70. The third kappa shape index (κ3) is 2.64. The van der Waals surface area contributed by atoms with Gasteiger partial charge in [-0.05, 0) is 18.1 Å². The highest BCUT2D eigenvalue weighted by Crippen LogP contribution is 2.28. The molecular weight excluding hydrogens is 236 g/mol. The molecule has 98 valence electrons. The van der Waals surface area contributed by atoms with Crippen molar-refractivity contribution in [1.82, 2.24) is 14.9 Å². The van der Waals surface area contributed by atoms with Crippen LogP contribution in [-0.4, -0.2) is 28.0 Å². The second-order valence-corrected chi connectivity index (χ2v) is 5.20. The molecular formula is C15H18N4. The number of nitrogens with zero attached hydrogens (tertiary/aromatic N) is 3. The van der Waals surface area contributed by atoms with E-state index >= 15 is 0 Å². The summed E-state index contributed by atoms with van der Waals surface area (Å²) < 4.78 is 0. The minimum Gasteiger partial charge on any atom is -0.319 e. The lowest BCUT2D eigenvalue weighted by atomic mass is 9.95. The van der Waals surface area contributed by atoms with Crippen LogP contribution in [0.5, 0.6) is 0 Å². The predicted octanol–water partition coefficient (Wildman–Crippen LogP) is 1.54. The van der Waals surface area contributed by atoms with Crippen molar-refractivity contribution in [3.8, 4) is 0 Å². The van der Waals surface area contributed by atoms with Crippen LogP contribution in [0.2, 0.25) is 0 Å². The minimum absolute atomic E-state index is 0.336. The third-order valence-electron chi connectivity index (χ3n) is 3.72. The normalized spacial score (nSPS) is 23.6. The van der Waals surface area contributed by atoms with Crippen LogP contribution in [0, 0.1) is 0 Å². The van der Waals surface area contributed by atoms with Gasteiger partial charge in [-0.1, -0.05) is 30.3 Å². The molecule has 0 amide bonds. The Morgan fingerprint density at radius 3 is 2.79 bits per heavy atom. The van der Waals surface area contributed by atoms with E-state index in [1.807, 2.05) is 12.1 Å². The molecule has 2 aromatic rings. The van der Waals surface area contributed by atoms with Gasteiger partial charge in [-0.3, -0.25) is 4.90 Å². The van der Waals surface area contributed by atoms with E-state index in [0.29, 0.717) is 0 Å². The lowest BCUT2D eigenvalue weighted by Gasteiger charge is -2.24. The molecule has 0 radical (unpaired) electrons. The summed E-state index contributed by atoms with van der Waals surface area (Å²) >= 11 is 0. The van der Waals surface area contributed by atoms with Crippen molar-refractivity contribution in [2.45, 2.75) is 18.5 Å². The predicted molar refractivity (Wildman–Crippen MR) is 74.2 cm³/mol. The van der Waals surface area contributed by atoms with Crippen molar-refractivity contribution < 1.29 is 0 Å². The number of hydrogen-bond acceptors (Lipinski definition) is 4. The topological polar surface area (TPSA) is 55.0 Å². The van der Waals surface area contributed by atoms with Crippen LogP contribution < -0.4 is 5.73 Å². The molecule has 1 unspecified atom stereocenters. The molecule has 1 aromatic carbocycles. The first kappa shape index (κ1) is 12.3. The number of aromatic nitrogens is 2. The second kappa shape index (κ2) is 5.07. The summed E-state index contributed by atoms with van der Waals surface area (Å²) in [7, 11) is 0. The van der Waals surface area contributed by atoms with Gasteiger partial charge >= 0.3 is 0 Å². The Labute approximate surface area is 113 Å². The number of rotatable bonds is 3. The van der Waals surface area contributed by atoms with Crippen molar-refractivity contribution in [2.24, 2.45) is 5.73 Å². The monoisotopic (exact) mass is 254 g/mol. The maximum Gasteiger partial charge on any atom is 0.115 e. The molecule has 1 aliphatic heterocycles. The highest BCUT2D eigenvalue weighted by atomic mass is 15.2. The molecule has 0 aliphatic carbocycles. The fourth-order valence-electron chi connectivity index (χ4n) is 2.69. The molecule has 4 heteroatoms. The molecule has 2 N–H and O–H groups in total. The fourth-order valence-corrected chi connectivity index (χ4v) is 2.69. The van der Waals surface area contributed by atoms with E-state index in [1.165, 1.54) is 5.56 Å². The molecule has 19 heavy (non-hydrogen) atoms. The van der Waals surface area contributed by atoms with Crippen LogP contribution >= 0.6 is 0 Å². The largest absolute Gasteiger partial charge is 0.319 e. The van der Waals surface area contributed by atoms with Crippen molar-refractivity contribution in [1.29, 1.82) is 0 Å². The van der Waals surface area contributed by atoms with Crippen molar-refractivity contribution in [2.75, 3.05) is 13.1 Å². The molecule has 1 aliphatic rings. The summed E-state index contributed by atoms with van der Waals surface area (Å²) in [5.74, 6) is 0. The second-order valence-electron chi connectivity index (χ2n) is 5.20. The average molecular weight is 254 g/mol. The zero-order valence-electron chi connectivity index (χ0n) is 10.9. The van der Waals surface area contributed by atoms with Crippen LogP contribution in [0.3, 0.4) is 0 Å². The maximum absolute atomic E-state index is 6.49. The summed E-state index contributed by atoms with van der Waals surface area (Å²) in [6.45, 7) is 2.80. The van der Waals surface area contributed by atoms with Gasteiger partial charge in [0.05, 0.1) is 11.2 Å². The summed E-state index contributed by atoms with van der Waals surface area (Å²) in [5, 5.41) is 0. The van der Waals surface area contributed by atoms with Crippen LogP contribution in [0.1, 0.15) is 17.7 Å². The van der Waals surface area contributed by atoms with Crippen LogP contribution in [0.25, 0.3) is 0 Å². The van der Waals surface area contributed by atoms with E-state index in [2.05, 4.69) is 39.1 Å². The van der Waals surface area contributed by atoms with E-state index in [9.17, 15) is 0 Å². The fraction of sp³-hybridized carbons (Fsp3) is 0.333. The Morgan fingerprint density at radius 1 is 1.21 bits per heavy atom. The summed E-state index contributed by atoms with van der Waals surface area (Å²) in [6, 6.07) is 12.4. The number of nitrogens with two attached hydrogens (primary N) is 1. The Kier molecular flexibility index (Phi) is 3.27.